The maximum Gasteiger partial charge on any atom is 0.119 e. The van der Waals surface area contributed by atoms with Crippen molar-refractivity contribution in [3.8, 4) is 5.75 Å². The molecule has 1 fully saturated rings. The van der Waals surface area contributed by atoms with E-state index in [-0.39, 0.29) is 0 Å². The number of nitrogens with two attached hydrogens (primary N) is 1. The van der Waals surface area contributed by atoms with E-state index in [4.69, 9.17) is 10.5 Å². The smallest absolute Gasteiger partial charge is 0.119 e. The van der Waals surface area contributed by atoms with E-state index >= 15 is 0 Å². The summed E-state index contributed by atoms with van der Waals surface area (Å²) in [5.41, 5.74) is 6.28. The molecule has 3 heteroatoms. The number of hydrogen-bond acceptors (Lipinski definition) is 3. The molecule has 0 unspecified atom stereocenters. The quantitative estimate of drug-likeness (QED) is 0.843. The zero-order valence-electron chi connectivity index (χ0n) is 10.4. The summed E-state index contributed by atoms with van der Waals surface area (Å²) >= 11 is 0. The van der Waals surface area contributed by atoms with Gasteiger partial charge in [0.2, 0.25) is 0 Å². The molecule has 17 heavy (non-hydrogen) atoms. The topological polar surface area (TPSA) is 55.5 Å². The second-order valence-electron chi connectivity index (χ2n) is 4.98. The van der Waals surface area contributed by atoms with Gasteiger partial charge in [-0.3, -0.25) is 0 Å². The van der Waals surface area contributed by atoms with E-state index < -0.39 is 5.60 Å². The Bertz CT molecular complexity index is 370. The largest absolute Gasteiger partial charge is 0.497 e. The monoisotopic (exact) mass is 235 g/mol. The van der Waals surface area contributed by atoms with Crippen LogP contribution in [0.3, 0.4) is 0 Å². The maximum absolute atomic E-state index is 10.1. The molecule has 0 atom stereocenters. The van der Waals surface area contributed by atoms with Crippen molar-refractivity contribution in [1.82, 2.24) is 0 Å². The molecule has 3 nitrogen and oxygen atoms in total. The van der Waals surface area contributed by atoms with Crippen LogP contribution in [0, 0.1) is 0 Å². The summed E-state index contributed by atoms with van der Waals surface area (Å²) in [6.07, 6.45) is 3.60. The van der Waals surface area contributed by atoms with E-state index in [2.05, 4.69) is 12.1 Å². The van der Waals surface area contributed by atoms with Gasteiger partial charge in [-0.2, -0.15) is 0 Å². The van der Waals surface area contributed by atoms with Gasteiger partial charge in [-0.15, -0.1) is 0 Å². The minimum Gasteiger partial charge on any atom is -0.497 e. The Morgan fingerprint density at radius 2 is 2.12 bits per heavy atom. The van der Waals surface area contributed by atoms with Crippen molar-refractivity contribution in [2.24, 2.45) is 5.73 Å². The fourth-order valence-electron chi connectivity index (χ4n) is 2.59. The van der Waals surface area contributed by atoms with Gasteiger partial charge in [0.15, 0.2) is 0 Å². The number of rotatable bonds is 3. The first-order valence-corrected chi connectivity index (χ1v) is 6.23. The molecule has 1 saturated carbocycles. The van der Waals surface area contributed by atoms with Crippen LogP contribution in [0.4, 0.5) is 0 Å². The van der Waals surface area contributed by atoms with Crippen LogP contribution in [-0.2, 0) is 0 Å². The highest BCUT2D eigenvalue weighted by molar-refractivity contribution is 5.31. The van der Waals surface area contributed by atoms with Crippen LogP contribution in [0.1, 0.15) is 37.2 Å². The van der Waals surface area contributed by atoms with E-state index in [1.165, 1.54) is 5.56 Å². The van der Waals surface area contributed by atoms with Crippen molar-refractivity contribution in [2.75, 3.05) is 13.7 Å². The van der Waals surface area contributed by atoms with Crippen molar-refractivity contribution in [2.45, 2.75) is 37.2 Å². The summed E-state index contributed by atoms with van der Waals surface area (Å²) in [5.74, 6) is 1.43. The standard InChI is InChI=1S/C14H21NO2/c1-17-13-4-2-3-12(9-13)11-5-7-14(16,10-15)8-6-11/h2-4,9,11,16H,5-8,10,15H2,1H3. The predicted octanol–water partition coefficient (Wildman–Crippen LogP) is 2.04. The fourth-order valence-corrected chi connectivity index (χ4v) is 2.59. The Labute approximate surface area is 103 Å². The zero-order valence-corrected chi connectivity index (χ0v) is 10.4. The van der Waals surface area contributed by atoms with Crippen LogP contribution in [0.2, 0.25) is 0 Å². The Balaban J connectivity index is 2.05. The Morgan fingerprint density at radius 1 is 1.41 bits per heavy atom. The van der Waals surface area contributed by atoms with Crippen molar-refractivity contribution >= 4 is 0 Å². The minimum atomic E-state index is -0.630. The van der Waals surface area contributed by atoms with E-state index in [0.29, 0.717) is 12.5 Å². The van der Waals surface area contributed by atoms with Gasteiger partial charge < -0.3 is 15.6 Å². The summed E-state index contributed by atoms with van der Waals surface area (Å²) in [5, 5.41) is 10.1. The molecule has 0 aliphatic heterocycles. The lowest BCUT2D eigenvalue weighted by molar-refractivity contribution is 0.00766. The van der Waals surface area contributed by atoms with Crippen LogP contribution < -0.4 is 10.5 Å². The molecule has 0 aromatic heterocycles. The average Bonchev–Trinajstić information content (AvgIpc) is 2.40. The van der Waals surface area contributed by atoms with Crippen molar-refractivity contribution in [3.63, 3.8) is 0 Å². The second kappa shape index (κ2) is 5.07. The third-order valence-corrected chi connectivity index (χ3v) is 3.86. The molecule has 0 bridgehead atoms. The first-order valence-electron chi connectivity index (χ1n) is 6.23. The predicted molar refractivity (Wildman–Crippen MR) is 68.2 cm³/mol. The fraction of sp³-hybridized carbons (Fsp3) is 0.571. The molecule has 0 spiro atoms. The van der Waals surface area contributed by atoms with Crippen LogP contribution in [0.5, 0.6) is 5.75 Å². The molecule has 1 aromatic carbocycles. The highest BCUT2D eigenvalue weighted by Crippen LogP contribution is 2.38. The number of benzene rings is 1. The molecule has 0 heterocycles. The minimum absolute atomic E-state index is 0.373. The Morgan fingerprint density at radius 3 is 2.71 bits per heavy atom. The lowest BCUT2D eigenvalue weighted by Gasteiger charge is -2.35. The van der Waals surface area contributed by atoms with Gasteiger partial charge >= 0.3 is 0 Å². The normalized spacial score (nSPS) is 29.0. The van der Waals surface area contributed by atoms with Gasteiger partial charge in [0.25, 0.3) is 0 Å². The molecule has 3 N–H and O–H groups in total. The van der Waals surface area contributed by atoms with Gasteiger partial charge in [0.05, 0.1) is 12.7 Å². The summed E-state index contributed by atoms with van der Waals surface area (Å²) in [4.78, 5) is 0. The molecular weight excluding hydrogens is 214 g/mol. The van der Waals surface area contributed by atoms with E-state index in [0.717, 1.165) is 31.4 Å². The highest BCUT2D eigenvalue weighted by Gasteiger charge is 2.32. The SMILES string of the molecule is COc1cccc(C2CCC(O)(CN)CC2)c1. The lowest BCUT2D eigenvalue weighted by atomic mass is 9.76. The highest BCUT2D eigenvalue weighted by atomic mass is 16.5. The lowest BCUT2D eigenvalue weighted by Crippen LogP contribution is -2.40. The molecule has 1 aliphatic carbocycles. The van der Waals surface area contributed by atoms with E-state index in [1.807, 2.05) is 12.1 Å². The number of methoxy groups -OCH3 is 1. The molecule has 2 rings (SSSR count). The van der Waals surface area contributed by atoms with Gasteiger partial charge in [-0.05, 0) is 49.3 Å². The van der Waals surface area contributed by atoms with Crippen molar-refractivity contribution in [1.29, 1.82) is 0 Å². The Hall–Kier alpha value is -1.06. The second-order valence-corrected chi connectivity index (χ2v) is 4.98. The van der Waals surface area contributed by atoms with Crippen LogP contribution in [0.15, 0.2) is 24.3 Å². The number of aliphatic hydroxyl groups is 1. The summed E-state index contributed by atoms with van der Waals surface area (Å²) in [6, 6.07) is 8.22. The molecule has 0 radical (unpaired) electrons. The van der Waals surface area contributed by atoms with Crippen LogP contribution in [-0.4, -0.2) is 24.4 Å². The third kappa shape index (κ3) is 2.79. The molecular formula is C14H21NO2. The third-order valence-electron chi connectivity index (χ3n) is 3.86. The summed E-state index contributed by atoms with van der Waals surface area (Å²) in [6.45, 7) is 0.373. The maximum atomic E-state index is 10.1. The van der Waals surface area contributed by atoms with Gasteiger partial charge in [0, 0.05) is 6.54 Å². The average molecular weight is 235 g/mol. The van der Waals surface area contributed by atoms with E-state index in [9.17, 15) is 5.11 Å². The first kappa shape index (κ1) is 12.4. The Kier molecular flexibility index (Phi) is 3.69. The first-order chi connectivity index (χ1) is 8.17. The summed E-state index contributed by atoms with van der Waals surface area (Å²) < 4.78 is 5.24. The molecule has 0 saturated heterocycles. The zero-order chi connectivity index (χ0) is 12.3. The van der Waals surface area contributed by atoms with Gasteiger partial charge in [-0.25, -0.2) is 0 Å². The molecule has 1 aromatic rings. The molecule has 0 amide bonds. The van der Waals surface area contributed by atoms with Crippen molar-refractivity contribution < 1.29 is 9.84 Å². The van der Waals surface area contributed by atoms with E-state index in [1.54, 1.807) is 7.11 Å². The van der Waals surface area contributed by atoms with Gasteiger partial charge in [0.1, 0.15) is 5.75 Å². The number of ether oxygens (including phenoxy) is 1. The van der Waals surface area contributed by atoms with Gasteiger partial charge in [-0.1, -0.05) is 12.1 Å². The molecule has 1 aliphatic rings. The van der Waals surface area contributed by atoms with Crippen molar-refractivity contribution in [3.05, 3.63) is 29.8 Å². The van der Waals surface area contributed by atoms with Crippen LogP contribution in [0.25, 0.3) is 0 Å². The van der Waals surface area contributed by atoms with Crippen LogP contribution >= 0.6 is 0 Å². The number of hydrogen-bond donors (Lipinski definition) is 2. The summed E-state index contributed by atoms with van der Waals surface area (Å²) in [7, 11) is 1.69. The molecule has 94 valence electrons.